The van der Waals surface area contributed by atoms with Crippen molar-refractivity contribution in [3.05, 3.63) is 60.3 Å². The van der Waals surface area contributed by atoms with Crippen molar-refractivity contribution in [3.8, 4) is 22.8 Å². The topological polar surface area (TPSA) is 78.3 Å². The first kappa shape index (κ1) is 18.4. The van der Waals surface area contributed by atoms with E-state index >= 15 is 0 Å². The monoisotopic (exact) mass is 366 g/mol. The molecule has 1 amide bonds. The largest absolute Gasteiger partial charge is 0.497 e. The van der Waals surface area contributed by atoms with Crippen LogP contribution in [0.4, 0.5) is 0 Å². The Labute approximate surface area is 157 Å². The third-order valence-electron chi connectivity index (χ3n) is 3.94. The van der Waals surface area contributed by atoms with Crippen LogP contribution in [0.1, 0.15) is 5.56 Å². The minimum atomic E-state index is -0.145. The van der Waals surface area contributed by atoms with E-state index in [1.54, 1.807) is 13.3 Å². The summed E-state index contributed by atoms with van der Waals surface area (Å²) in [5.74, 6) is 1.35. The molecule has 7 heteroatoms. The third kappa shape index (κ3) is 5.31. The van der Waals surface area contributed by atoms with Crippen LogP contribution in [0, 0.1) is 6.92 Å². The van der Waals surface area contributed by atoms with Gasteiger partial charge in [0.15, 0.2) is 0 Å². The Morgan fingerprint density at radius 1 is 1.07 bits per heavy atom. The van der Waals surface area contributed by atoms with Crippen molar-refractivity contribution in [1.82, 2.24) is 20.3 Å². The molecule has 0 saturated carbocycles. The number of benzene rings is 2. The molecule has 1 heterocycles. The Morgan fingerprint density at radius 3 is 2.48 bits per heavy atom. The second kappa shape index (κ2) is 8.84. The Kier molecular flexibility index (Phi) is 6.04. The van der Waals surface area contributed by atoms with E-state index in [0.717, 1.165) is 22.8 Å². The number of carbonyl (C=O) groups is 1. The molecule has 0 aliphatic rings. The Balaban J connectivity index is 1.42. The van der Waals surface area contributed by atoms with Crippen LogP contribution in [0.2, 0.25) is 0 Å². The van der Waals surface area contributed by atoms with Crippen molar-refractivity contribution in [1.29, 1.82) is 0 Å². The van der Waals surface area contributed by atoms with E-state index in [4.69, 9.17) is 9.47 Å². The molecule has 0 spiro atoms. The second-order valence-corrected chi connectivity index (χ2v) is 6.04. The van der Waals surface area contributed by atoms with Gasteiger partial charge in [-0.1, -0.05) is 35.0 Å². The highest BCUT2D eigenvalue weighted by atomic mass is 16.5. The minimum absolute atomic E-state index is 0.112. The van der Waals surface area contributed by atoms with Gasteiger partial charge in [0.2, 0.25) is 5.91 Å². The lowest BCUT2D eigenvalue weighted by Crippen LogP contribution is -2.31. The van der Waals surface area contributed by atoms with Gasteiger partial charge in [-0.3, -0.25) is 4.79 Å². The van der Waals surface area contributed by atoms with Crippen molar-refractivity contribution in [2.24, 2.45) is 0 Å². The van der Waals surface area contributed by atoms with Gasteiger partial charge >= 0.3 is 0 Å². The normalized spacial score (nSPS) is 10.4. The zero-order chi connectivity index (χ0) is 19.1. The molecular weight excluding hydrogens is 344 g/mol. The molecule has 1 aromatic heterocycles. The van der Waals surface area contributed by atoms with Crippen LogP contribution in [-0.4, -0.2) is 41.2 Å². The summed E-state index contributed by atoms with van der Waals surface area (Å²) < 4.78 is 12.2. The molecule has 2 aromatic carbocycles. The number of hydrogen-bond donors (Lipinski definition) is 1. The molecule has 3 aromatic rings. The molecule has 0 fully saturated rings. The first-order valence-corrected chi connectivity index (χ1v) is 8.65. The van der Waals surface area contributed by atoms with Gasteiger partial charge in [0.25, 0.3) is 0 Å². The van der Waals surface area contributed by atoms with Crippen molar-refractivity contribution < 1.29 is 14.3 Å². The molecule has 0 unspecified atom stereocenters. The van der Waals surface area contributed by atoms with Crippen LogP contribution in [0.25, 0.3) is 11.3 Å². The summed E-state index contributed by atoms with van der Waals surface area (Å²) >= 11 is 0. The van der Waals surface area contributed by atoms with Gasteiger partial charge in [-0.15, -0.1) is 5.10 Å². The molecule has 140 valence electrons. The molecule has 27 heavy (non-hydrogen) atoms. The minimum Gasteiger partial charge on any atom is -0.497 e. The van der Waals surface area contributed by atoms with E-state index in [-0.39, 0.29) is 12.5 Å². The van der Waals surface area contributed by atoms with E-state index < -0.39 is 0 Å². The third-order valence-corrected chi connectivity index (χ3v) is 3.94. The van der Waals surface area contributed by atoms with Crippen molar-refractivity contribution in [3.63, 3.8) is 0 Å². The standard InChI is InChI=1S/C20H22N4O3/c1-15-3-5-16(6-4-15)19-13-24(23-22-19)14-20(25)21-11-12-27-18-9-7-17(26-2)8-10-18/h3-10,13H,11-12,14H2,1-2H3,(H,21,25). The number of aromatic nitrogens is 3. The SMILES string of the molecule is COc1ccc(OCCNC(=O)Cn2cc(-c3ccc(C)cc3)nn2)cc1. The molecule has 0 aliphatic carbocycles. The van der Waals surface area contributed by atoms with Gasteiger partial charge in [-0.25, -0.2) is 4.68 Å². The maximum Gasteiger partial charge on any atom is 0.241 e. The van der Waals surface area contributed by atoms with E-state index in [1.165, 1.54) is 10.2 Å². The molecule has 0 radical (unpaired) electrons. The van der Waals surface area contributed by atoms with E-state index in [1.807, 2.05) is 55.5 Å². The van der Waals surface area contributed by atoms with Gasteiger partial charge in [0, 0.05) is 5.56 Å². The Bertz CT molecular complexity index is 873. The summed E-state index contributed by atoms with van der Waals surface area (Å²) in [5, 5.41) is 10.9. The molecule has 3 rings (SSSR count). The summed E-state index contributed by atoms with van der Waals surface area (Å²) in [4.78, 5) is 12.0. The maximum atomic E-state index is 12.0. The molecule has 0 aliphatic heterocycles. The second-order valence-electron chi connectivity index (χ2n) is 6.04. The first-order valence-electron chi connectivity index (χ1n) is 8.65. The van der Waals surface area contributed by atoms with E-state index in [0.29, 0.717) is 13.2 Å². The highest BCUT2D eigenvalue weighted by Crippen LogP contribution is 2.17. The quantitative estimate of drug-likeness (QED) is 0.620. The summed E-state index contributed by atoms with van der Waals surface area (Å²) in [5.41, 5.74) is 2.90. The van der Waals surface area contributed by atoms with Gasteiger partial charge in [-0.2, -0.15) is 0 Å². The zero-order valence-corrected chi connectivity index (χ0v) is 15.4. The fraction of sp³-hybridized carbons (Fsp3) is 0.250. The number of methoxy groups -OCH3 is 1. The van der Waals surface area contributed by atoms with Crippen LogP contribution < -0.4 is 14.8 Å². The fourth-order valence-corrected chi connectivity index (χ4v) is 2.47. The average Bonchev–Trinajstić information content (AvgIpc) is 3.14. The zero-order valence-electron chi connectivity index (χ0n) is 15.4. The fourth-order valence-electron chi connectivity index (χ4n) is 2.47. The Hall–Kier alpha value is -3.35. The lowest BCUT2D eigenvalue weighted by atomic mass is 10.1. The Morgan fingerprint density at radius 2 is 1.78 bits per heavy atom. The number of hydrogen-bond acceptors (Lipinski definition) is 5. The first-order chi connectivity index (χ1) is 13.1. The predicted molar refractivity (Wildman–Crippen MR) is 102 cm³/mol. The summed E-state index contributed by atoms with van der Waals surface area (Å²) in [6, 6.07) is 15.3. The summed E-state index contributed by atoms with van der Waals surface area (Å²) in [6.45, 7) is 2.93. The molecular formula is C20H22N4O3. The summed E-state index contributed by atoms with van der Waals surface area (Å²) in [6.07, 6.45) is 1.76. The summed E-state index contributed by atoms with van der Waals surface area (Å²) in [7, 11) is 1.62. The lowest BCUT2D eigenvalue weighted by molar-refractivity contribution is -0.121. The van der Waals surface area contributed by atoms with E-state index in [2.05, 4.69) is 15.6 Å². The van der Waals surface area contributed by atoms with Gasteiger partial charge in [0.1, 0.15) is 30.3 Å². The van der Waals surface area contributed by atoms with Crippen LogP contribution >= 0.6 is 0 Å². The number of aryl methyl sites for hydroxylation is 1. The maximum absolute atomic E-state index is 12.0. The molecule has 0 bridgehead atoms. The number of nitrogens with zero attached hydrogens (tertiary/aromatic N) is 3. The van der Waals surface area contributed by atoms with Gasteiger partial charge < -0.3 is 14.8 Å². The number of amides is 1. The smallest absolute Gasteiger partial charge is 0.241 e. The van der Waals surface area contributed by atoms with Crippen LogP contribution in [0.15, 0.2) is 54.7 Å². The average molecular weight is 366 g/mol. The molecule has 7 nitrogen and oxygen atoms in total. The lowest BCUT2D eigenvalue weighted by Gasteiger charge is -2.08. The molecule has 0 atom stereocenters. The molecule has 1 N–H and O–H groups in total. The predicted octanol–water partition coefficient (Wildman–Crippen LogP) is 2.46. The molecule has 0 saturated heterocycles. The van der Waals surface area contributed by atoms with Crippen LogP contribution in [-0.2, 0) is 11.3 Å². The van der Waals surface area contributed by atoms with Gasteiger partial charge in [-0.05, 0) is 31.2 Å². The van der Waals surface area contributed by atoms with Gasteiger partial charge in [0.05, 0.1) is 19.9 Å². The number of rotatable bonds is 8. The van der Waals surface area contributed by atoms with Crippen LogP contribution in [0.5, 0.6) is 11.5 Å². The van der Waals surface area contributed by atoms with Crippen LogP contribution in [0.3, 0.4) is 0 Å². The number of nitrogens with one attached hydrogen (secondary N) is 1. The highest BCUT2D eigenvalue weighted by Gasteiger charge is 2.07. The van der Waals surface area contributed by atoms with E-state index in [9.17, 15) is 4.79 Å². The van der Waals surface area contributed by atoms with Crippen molar-refractivity contribution in [2.75, 3.05) is 20.3 Å². The highest BCUT2D eigenvalue weighted by molar-refractivity contribution is 5.75. The van der Waals surface area contributed by atoms with Crippen molar-refractivity contribution in [2.45, 2.75) is 13.5 Å². The van der Waals surface area contributed by atoms with Crippen molar-refractivity contribution >= 4 is 5.91 Å². The number of ether oxygens (including phenoxy) is 2. The number of carbonyl (C=O) groups excluding carboxylic acids is 1.